The molecule has 4 heteroatoms. The van der Waals surface area contributed by atoms with Crippen LogP contribution in [0.4, 0.5) is 0 Å². The number of nitrogens with zero attached hydrogens (tertiary/aromatic N) is 2. The van der Waals surface area contributed by atoms with Gasteiger partial charge in [-0.05, 0) is 22.4 Å². The molecule has 0 saturated carbocycles. The number of aromatic nitrogens is 2. The Kier molecular flexibility index (Phi) is 4.71. The summed E-state index contributed by atoms with van der Waals surface area (Å²) in [5.74, 6) is 1.45. The molecule has 0 aliphatic carbocycles. The van der Waals surface area contributed by atoms with E-state index in [0.29, 0.717) is 12.5 Å². The Balaban J connectivity index is 2.82. The van der Waals surface area contributed by atoms with Crippen molar-refractivity contribution in [3.8, 4) is 5.88 Å². The molecule has 0 aliphatic heterocycles. The summed E-state index contributed by atoms with van der Waals surface area (Å²) in [6, 6.07) is 1.81. The predicted molar refractivity (Wildman–Crippen MR) is 68.8 cm³/mol. The lowest BCUT2D eigenvalue weighted by molar-refractivity contribution is 0.293. The maximum absolute atomic E-state index is 5.58. The van der Waals surface area contributed by atoms with Crippen LogP contribution in [-0.2, 0) is 5.41 Å². The molecule has 0 N–H and O–H groups in total. The Hall–Kier alpha value is -0.640. The fraction of sp³-hybridized carbons (Fsp3) is 0.667. The Bertz CT molecular complexity index is 347. The van der Waals surface area contributed by atoms with Gasteiger partial charge in [-0.3, -0.25) is 0 Å². The molecule has 0 atom stereocenters. The van der Waals surface area contributed by atoms with Gasteiger partial charge in [-0.15, -0.1) is 0 Å². The molecule has 0 amide bonds. The fourth-order valence-electron chi connectivity index (χ4n) is 1.13. The first kappa shape index (κ1) is 13.4. The SMILES string of the molecule is CCCCOc1cc(Br)nc(C(C)(C)C)n1. The van der Waals surface area contributed by atoms with E-state index in [0.717, 1.165) is 23.3 Å². The molecular formula is C12H19BrN2O. The molecule has 3 nitrogen and oxygen atoms in total. The van der Waals surface area contributed by atoms with Crippen LogP contribution in [-0.4, -0.2) is 16.6 Å². The molecule has 0 unspecified atom stereocenters. The van der Waals surface area contributed by atoms with E-state index < -0.39 is 0 Å². The third kappa shape index (κ3) is 4.08. The highest BCUT2D eigenvalue weighted by atomic mass is 79.9. The lowest BCUT2D eigenvalue weighted by Crippen LogP contribution is -2.16. The molecule has 0 aromatic carbocycles. The summed E-state index contributed by atoms with van der Waals surface area (Å²) in [5.41, 5.74) is -0.0629. The van der Waals surface area contributed by atoms with Gasteiger partial charge in [0.15, 0.2) is 0 Å². The average molecular weight is 287 g/mol. The minimum Gasteiger partial charge on any atom is -0.478 e. The van der Waals surface area contributed by atoms with Crippen molar-refractivity contribution in [2.75, 3.05) is 6.61 Å². The van der Waals surface area contributed by atoms with E-state index in [9.17, 15) is 0 Å². The maximum atomic E-state index is 5.58. The summed E-state index contributed by atoms with van der Waals surface area (Å²) in [6.45, 7) is 9.11. The first-order valence-electron chi connectivity index (χ1n) is 5.61. The Morgan fingerprint density at radius 1 is 1.31 bits per heavy atom. The largest absolute Gasteiger partial charge is 0.478 e. The zero-order valence-electron chi connectivity index (χ0n) is 10.4. The van der Waals surface area contributed by atoms with Gasteiger partial charge >= 0.3 is 0 Å². The highest BCUT2D eigenvalue weighted by Gasteiger charge is 2.19. The van der Waals surface area contributed by atoms with Crippen LogP contribution in [0.3, 0.4) is 0 Å². The van der Waals surface area contributed by atoms with E-state index in [2.05, 4.69) is 53.6 Å². The lowest BCUT2D eigenvalue weighted by atomic mass is 9.96. The minimum atomic E-state index is -0.0629. The number of ether oxygens (including phenoxy) is 1. The number of hydrogen-bond acceptors (Lipinski definition) is 3. The minimum absolute atomic E-state index is 0.0629. The summed E-state index contributed by atoms with van der Waals surface area (Å²) < 4.78 is 6.36. The van der Waals surface area contributed by atoms with Crippen LogP contribution in [0.5, 0.6) is 5.88 Å². The van der Waals surface area contributed by atoms with Crippen LogP contribution >= 0.6 is 15.9 Å². The van der Waals surface area contributed by atoms with E-state index in [1.165, 1.54) is 0 Å². The van der Waals surface area contributed by atoms with Crippen molar-refractivity contribution in [1.29, 1.82) is 0 Å². The highest BCUT2D eigenvalue weighted by Crippen LogP contribution is 2.23. The third-order valence-electron chi connectivity index (χ3n) is 2.09. The Morgan fingerprint density at radius 3 is 2.56 bits per heavy atom. The van der Waals surface area contributed by atoms with Crippen molar-refractivity contribution in [3.63, 3.8) is 0 Å². The molecule has 1 aromatic rings. The van der Waals surface area contributed by atoms with Crippen molar-refractivity contribution < 1.29 is 4.74 Å². The van der Waals surface area contributed by atoms with Gasteiger partial charge in [0.05, 0.1) is 6.61 Å². The maximum Gasteiger partial charge on any atom is 0.217 e. The van der Waals surface area contributed by atoms with Gasteiger partial charge in [0.25, 0.3) is 0 Å². The number of hydrogen-bond donors (Lipinski definition) is 0. The molecule has 1 rings (SSSR count). The lowest BCUT2D eigenvalue weighted by Gasteiger charge is -2.17. The quantitative estimate of drug-likeness (QED) is 0.625. The second-order valence-electron chi connectivity index (χ2n) is 4.80. The molecular weight excluding hydrogens is 268 g/mol. The number of rotatable bonds is 4. The molecule has 1 heterocycles. The molecule has 0 radical (unpaired) electrons. The van der Waals surface area contributed by atoms with Crippen LogP contribution in [0.25, 0.3) is 0 Å². The molecule has 1 aromatic heterocycles. The molecule has 90 valence electrons. The topological polar surface area (TPSA) is 35.0 Å². The second-order valence-corrected chi connectivity index (χ2v) is 5.62. The third-order valence-corrected chi connectivity index (χ3v) is 2.50. The van der Waals surface area contributed by atoms with Crippen LogP contribution in [0.2, 0.25) is 0 Å². The molecule has 0 fully saturated rings. The van der Waals surface area contributed by atoms with Crippen molar-refractivity contribution in [2.24, 2.45) is 0 Å². The van der Waals surface area contributed by atoms with Crippen LogP contribution in [0, 0.1) is 0 Å². The zero-order chi connectivity index (χ0) is 12.2. The zero-order valence-corrected chi connectivity index (χ0v) is 12.0. The molecule has 0 aliphatic rings. The standard InChI is InChI=1S/C12H19BrN2O/c1-5-6-7-16-10-8-9(13)14-11(15-10)12(2,3)4/h8H,5-7H2,1-4H3. The number of halogens is 1. The highest BCUT2D eigenvalue weighted by molar-refractivity contribution is 9.10. The van der Waals surface area contributed by atoms with E-state index in [-0.39, 0.29) is 5.41 Å². The summed E-state index contributed by atoms with van der Waals surface area (Å²) >= 11 is 3.38. The van der Waals surface area contributed by atoms with Gasteiger partial charge in [0.1, 0.15) is 10.4 Å². The Morgan fingerprint density at radius 2 is 2.00 bits per heavy atom. The number of unbranched alkanes of at least 4 members (excludes halogenated alkanes) is 1. The van der Waals surface area contributed by atoms with Crippen molar-refractivity contribution in [3.05, 3.63) is 16.5 Å². The van der Waals surface area contributed by atoms with E-state index in [1.54, 1.807) is 0 Å². The van der Waals surface area contributed by atoms with Crippen LogP contribution in [0.1, 0.15) is 46.4 Å². The predicted octanol–water partition coefficient (Wildman–Crippen LogP) is 3.72. The monoisotopic (exact) mass is 286 g/mol. The van der Waals surface area contributed by atoms with Crippen molar-refractivity contribution in [1.82, 2.24) is 9.97 Å². The van der Waals surface area contributed by atoms with Gasteiger partial charge in [-0.2, -0.15) is 4.98 Å². The van der Waals surface area contributed by atoms with Gasteiger partial charge in [0, 0.05) is 11.5 Å². The van der Waals surface area contributed by atoms with E-state index in [1.807, 2.05) is 6.07 Å². The molecule has 0 spiro atoms. The van der Waals surface area contributed by atoms with E-state index >= 15 is 0 Å². The first-order valence-corrected chi connectivity index (χ1v) is 6.40. The van der Waals surface area contributed by atoms with Crippen molar-refractivity contribution >= 4 is 15.9 Å². The van der Waals surface area contributed by atoms with Crippen molar-refractivity contribution in [2.45, 2.75) is 46.0 Å². The van der Waals surface area contributed by atoms with Gasteiger partial charge in [-0.25, -0.2) is 4.98 Å². The summed E-state index contributed by atoms with van der Waals surface area (Å²) in [6.07, 6.45) is 2.17. The van der Waals surface area contributed by atoms with Gasteiger partial charge in [0.2, 0.25) is 5.88 Å². The van der Waals surface area contributed by atoms with Gasteiger partial charge < -0.3 is 4.74 Å². The normalized spacial score (nSPS) is 11.6. The molecule has 0 bridgehead atoms. The summed E-state index contributed by atoms with van der Waals surface area (Å²) in [7, 11) is 0. The summed E-state index contributed by atoms with van der Waals surface area (Å²) in [4.78, 5) is 8.77. The average Bonchev–Trinajstić information content (AvgIpc) is 2.16. The molecule has 0 saturated heterocycles. The van der Waals surface area contributed by atoms with Crippen LogP contribution < -0.4 is 4.74 Å². The fourth-order valence-corrected chi connectivity index (χ4v) is 1.49. The smallest absolute Gasteiger partial charge is 0.217 e. The van der Waals surface area contributed by atoms with E-state index in [4.69, 9.17) is 4.74 Å². The molecule has 16 heavy (non-hydrogen) atoms. The Labute approximate surface area is 106 Å². The van der Waals surface area contributed by atoms with Crippen LogP contribution in [0.15, 0.2) is 10.7 Å². The van der Waals surface area contributed by atoms with Gasteiger partial charge in [-0.1, -0.05) is 34.1 Å². The summed E-state index contributed by atoms with van der Waals surface area (Å²) in [5, 5.41) is 0. The second kappa shape index (κ2) is 5.62. The first-order chi connectivity index (χ1) is 7.43.